The van der Waals surface area contributed by atoms with Gasteiger partial charge in [-0.05, 0) is 42.8 Å². The van der Waals surface area contributed by atoms with Crippen molar-refractivity contribution in [2.45, 2.75) is 29.7 Å². The zero-order valence-electron chi connectivity index (χ0n) is 18.9. The minimum atomic E-state index is -4.02. The van der Waals surface area contributed by atoms with Crippen LogP contribution in [0.2, 0.25) is 10.0 Å². The number of carbonyl (C=O) groups is 3. The maximum absolute atomic E-state index is 12.7. The fraction of sp³-hybridized carbons (Fsp3) is 0.318. The number of thioether (sulfide) groups is 1. The molecular formula is C22H23Cl2N3O7S2. The summed E-state index contributed by atoms with van der Waals surface area (Å²) in [4.78, 5) is 37.7. The quantitative estimate of drug-likeness (QED) is 0.412. The molecule has 0 spiro atoms. The molecular weight excluding hydrogens is 553 g/mol. The highest BCUT2D eigenvalue weighted by atomic mass is 35.5. The molecule has 0 aliphatic carbocycles. The van der Waals surface area contributed by atoms with Crippen LogP contribution < -0.4 is 10.0 Å². The minimum absolute atomic E-state index is 0.00510. The number of halogens is 2. The van der Waals surface area contributed by atoms with Crippen LogP contribution in [0.15, 0.2) is 47.4 Å². The number of nitrogens with zero attached hydrogens (tertiary/aromatic N) is 1. The normalized spacial score (nSPS) is 16.3. The number of nitrogens with one attached hydrogen (secondary N) is 2. The number of amides is 2. The first-order chi connectivity index (χ1) is 17.0. The van der Waals surface area contributed by atoms with E-state index in [1.165, 1.54) is 59.1 Å². The van der Waals surface area contributed by atoms with E-state index in [2.05, 4.69) is 10.0 Å². The van der Waals surface area contributed by atoms with Crippen molar-refractivity contribution >= 4 is 68.6 Å². The van der Waals surface area contributed by atoms with Crippen molar-refractivity contribution in [1.29, 1.82) is 0 Å². The molecule has 3 N–H and O–H groups in total. The molecule has 2 amide bonds. The van der Waals surface area contributed by atoms with E-state index >= 15 is 0 Å². The van der Waals surface area contributed by atoms with Gasteiger partial charge in [-0.15, -0.1) is 11.8 Å². The number of carboxylic acids is 1. The van der Waals surface area contributed by atoms with Crippen LogP contribution in [0.5, 0.6) is 0 Å². The van der Waals surface area contributed by atoms with Crippen LogP contribution in [-0.2, 0) is 30.8 Å². The average Bonchev–Trinajstić information content (AvgIpc) is 3.31. The van der Waals surface area contributed by atoms with Gasteiger partial charge in [-0.25, -0.2) is 18.0 Å². The number of anilines is 1. The van der Waals surface area contributed by atoms with Crippen molar-refractivity contribution in [2.75, 3.05) is 23.6 Å². The minimum Gasteiger partial charge on any atom is -0.480 e. The lowest BCUT2D eigenvalue weighted by Gasteiger charge is -2.24. The Kier molecular flexibility index (Phi) is 9.34. The second-order valence-electron chi connectivity index (χ2n) is 7.60. The van der Waals surface area contributed by atoms with Crippen LogP contribution in [0.1, 0.15) is 12.5 Å². The van der Waals surface area contributed by atoms with Crippen molar-refractivity contribution in [1.82, 2.24) is 10.2 Å². The number of hydrogen-bond acceptors (Lipinski definition) is 7. The van der Waals surface area contributed by atoms with E-state index in [4.69, 9.17) is 27.9 Å². The van der Waals surface area contributed by atoms with E-state index in [1.807, 2.05) is 0 Å². The molecule has 2 atom stereocenters. The van der Waals surface area contributed by atoms with Crippen LogP contribution in [-0.4, -0.2) is 66.7 Å². The van der Waals surface area contributed by atoms with E-state index in [9.17, 15) is 27.9 Å². The Morgan fingerprint density at radius 2 is 1.89 bits per heavy atom. The Hall–Kier alpha value is -2.67. The van der Waals surface area contributed by atoms with E-state index in [0.29, 0.717) is 17.9 Å². The van der Waals surface area contributed by atoms with Gasteiger partial charge in [0.25, 0.3) is 15.9 Å². The molecule has 0 radical (unpaired) electrons. The Morgan fingerprint density at radius 3 is 2.53 bits per heavy atom. The van der Waals surface area contributed by atoms with Crippen LogP contribution in [0.3, 0.4) is 0 Å². The lowest BCUT2D eigenvalue weighted by Crippen LogP contribution is -2.50. The standard InChI is InChI=1S/C22H23Cl2N3O7S2/c1-2-34-22(31)27-9-10-35-20(27)19(28)25-17(21(29)30)11-13-3-6-15(7-4-13)26-36(32,33)18-12-14(23)5-8-16(18)24/h3-8,12,17,20,26H,2,9-11H2,1H3,(H,25,28)(H,29,30)/t17-,20?/m0/s1. The Bertz CT molecular complexity index is 1240. The molecule has 10 nitrogen and oxygen atoms in total. The number of ether oxygens (including phenoxy) is 1. The molecule has 1 unspecified atom stereocenters. The summed E-state index contributed by atoms with van der Waals surface area (Å²) < 4.78 is 32.7. The summed E-state index contributed by atoms with van der Waals surface area (Å²) in [5.74, 6) is -1.35. The Balaban J connectivity index is 1.67. The van der Waals surface area contributed by atoms with Crippen LogP contribution in [0.4, 0.5) is 10.5 Å². The highest BCUT2D eigenvalue weighted by molar-refractivity contribution is 8.00. The van der Waals surface area contributed by atoms with Gasteiger partial charge in [0, 0.05) is 29.4 Å². The molecule has 0 bridgehead atoms. The molecule has 1 heterocycles. The number of carbonyl (C=O) groups excluding carboxylic acids is 2. The zero-order valence-corrected chi connectivity index (χ0v) is 22.1. The first kappa shape index (κ1) is 27.9. The van der Waals surface area contributed by atoms with Gasteiger partial charge in [0.05, 0.1) is 11.6 Å². The summed E-state index contributed by atoms with van der Waals surface area (Å²) >= 11 is 13.1. The third kappa shape index (κ3) is 6.96. The largest absolute Gasteiger partial charge is 0.480 e. The number of carboxylic acid groups (broad SMARTS) is 1. The predicted octanol–water partition coefficient (Wildman–Crippen LogP) is 3.44. The van der Waals surface area contributed by atoms with Gasteiger partial charge in [-0.1, -0.05) is 35.3 Å². The van der Waals surface area contributed by atoms with Crippen LogP contribution >= 0.6 is 35.0 Å². The Morgan fingerprint density at radius 1 is 1.19 bits per heavy atom. The van der Waals surface area contributed by atoms with E-state index < -0.39 is 39.4 Å². The van der Waals surface area contributed by atoms with E-state index in [1.54, 1.807) is 6.92 Å². The summed E-state index contributed by atoms with van der Waals surface area (Å²) in [6.07, 6.45) is -0.697. The maximum atomic E-state index is 12.7. The first-order valence-corrected chi connectivity index (χ1v) is 14.0. The van der Waals surface area contributed by atoms with Gasteiger partial charge < -0.3 is 15.2 Å². The topological polar surface area (TPSA) is 142 Å². The van der Waals surface area contributed by atoms with Gasteiger partial charge in [0.15, 0.2) is 5.37 Å². The molecule has 1 fully saturated rings. The van der Waals surface area contributed by atoms with Crippen molar-refractivity contribution in [3.63, 3.8) is 0 Å². The first-order valence-electron chi connectivity index (χ1n) is 10.7. The molecule has 1 aliphatic rings. The molecule has 36 heavy (non-hydrogen) atoms. The number of benzene rings is 2. The van der Waals surface area contributed by atoms with Crippen molar-refractivity contribution in [3.8, 4) is 0 Å². The number of rotatable bonds is 9. The number of hydrogen-bond donors (Lipinski definition) is 3. The molecule has 1 saturated heterocycles. The highest BCUT2D eigenvalue weighted by Gasteiger charge is 2.37. The number of sulfonamides is 1. The fourth-order valence-corrected chi connectivity index (χ4v) is 6.30. The summed E-state index contributed by atoms with van der Waals surface area (Å²) in [6, 6.07) is 8.79. The third-order valence-corrected chi connectivity index (χ3v) is 8.36. The van der Waals surface area contributed by atoms with Crippen molar-refractivity contribution < 1.29 is 32.6 Å². The third-order valence-electron chi connectivity index (χ3n) is 5.06. The maximum Gasteiger partial charge on any atom is 0.411 e. The van der Waals surface area contributed by atoms with Gasteiger partial charge in [0.2, 0.25) is 0 Å². The molecule has 0 aromatic heterocycles. The monoisotopic (exact) mass is 575 g/mol. The van der Waals surface area contributed by atoms with E-state index in [0.717, 1.165) is 0 Å². The molecule has 0 saturated carbocycles. The van der Waals surface area contributed by atoms with Gasteiger partial charge >= 0.3 is 12.1 Å². The van der Waals surface area contributed by atoms with Crippen molar-refractivity contribution in [2.24, 2.45) is 0 Å². The smallest absolute Gasteiger partial charge is 0.411 e. The van der Waals surface area contributed by atoms with E-state index in [-0.39, 0.29) is 33.7 Å². The molecule has 14 heteroatoms. The summed E-state index contributed by atoms with van der Waals surface area (Å²) in [6.45, 7) is 2.13. The second kappa shape index (κ2) is 12.0. The lowest BCUT2D eigenvalue weighted by atomic mass is 10.1. The molecule has 3 rings (SSSR count). The van der Waals surface area contributed by atoms with Gasteiger partial charge in [-0.3, -0.25) is 14.4 Å². The van der Waals surface area contributed by atoms with Crippen LogP contribution in [0, 0.1) is 0 Å². The summed E-state index contributed by atoms with van der Waals surface area (Å²) in [7, 11) is -4.02. The van der Waals surface area contributed by atoms with Crippen LogP contribution in [0.25, 0.3) is 0 Å². The van der Waals surface area contributed by atoms with Gasteiger partial charge in [-0.2, -0.15) is 0 Å². The van der Waals surface area contributed by atoms with Gasteiger partial charge in [0.1, 0.15) is 10.9 Å². The molecule has 2 aromatic rings. The molecule has 194 valence electrons. The predicted molar refractivity (Wildman–Crippen MR) is 137 cm³/mol. The highest BCUT2D eigenvalue weighted by Crippen LogP contribution is 2.27. The molecule has 1 aliphatic heterocycles. The fourth-order valence-electron chi connectivity index (χ4n) is 3.36. The zero-order chi connectivity index (χ0) is 26.5. The SMILES string of the molecule is CCOC(=O)N1CCSC1C(=O)N[C@@H](Cc1ccc(NS(=O)(=O)c2cc(Cl)ccc2Cl)cc1)C(=O)O. The molecule has 2 aromatic carbocycles. The summed E-state index contributed by atoms with van der Waals surface area (Å²) in [5, 5.41) is 11.4. The Labute approximate surface area is 222 Å². The second-order valence-corrected chi connectivity index (χ2v) is 11.3. The summed E-state index contributed by atoms with van der Waals surface area (Å²) in [5.41, 5.74) is 0.755. The average molecular weight is 576 g/mol. The number of aliphatic carboxylic acids is 1. The lowest BCUT2D eigenvalue weighted by molar-refractivity contribution is -0.142. The van der Waals surface area contributed by atoms with Crippen molar-refractivity contribution in [3.05, 3.63) is 58.1 Å².